The number of carboxylic acid groups (broad SMARTS) is 2. The fraction of sp³-hybridized carbons (Fsp3) is 0.654. The van der Waals surface area contributed by atoms with Crippen LogP contribution >= 0.6 is 0 Å². The quantitative estimate of drug-likeness (QED) is 0.461. The number of halogens is 1. The van der Waals surface area contributed by atoms with E-state index in [1.807, 2.05) is 41.5 Å². The number of amides is 1. The molecule has 0 radical (unpaired) electrons. The summed E-state index contributed by atoms with van der Waals surface area (Å²) in [6.45, 7) is 19.0. The number of nitrogen functional groups attached to an aromatic ring is 1. The van der Waals surface area contributed by atoms with Crippen molar-refractivity contribution in [2.75, 3.05) is 18.9 Å². The molecule has 1 aliphatic rings. The molecule has 0 spiro atoms. The summed E-state index contributed by atoms with van der Waals surface area (Å²) in [5.41, 5.74) is 2.00. The number of nitrogens with zero attached hydrogens (tertiary/aromatic N) is 2. The number of nitrogens with two attached hydrogens (primary N) is 1. The van der Waals surface area contributed by atoms with E-state index in [2.05, 4.69) is 11.6 Å². The Morgan fingerprint density at radius 2 is 1.86 bits per heavy atom. The van der Waals surface area contributed by atoms with E-state index in [1.165, 1.54) is 11.0 Å². The number of aliphatic carboxylic acids is 1. The summed E-state index contributed by atoms with van der Waals surface area (Å²) in [6.07, 6.45) is -1.37. The molecule has 8 nitrogen and oxygen atoms in total. The number of aromatic nitrogens is 1. The lowest BCUT2D eigenvalue weighted by molar-refractivity contribution is -0.188. The Labute approximate surface area is 207 Å². The molecule has 1 aliphatic heterocycles. The van der Waals surface area contributed by atoms with Gasteiger partial charge in [-0.3, -0.25) is 4.79 Å². The number of ether oxygens (including phenoxy) is 1. The fourth-order valence-corrected chi connectivity index (χ4v) is 6.16. The van der Waals surface area contributed by atoms with Crippen LogP contribution in [0, 0.1) is 28.0 Å². The van der Waals surface area contributed by atoms with Crippen LogP contribution in [0.4, 0.5) is 15.0 Å². The van der Waals surface area contributed by atoms with Crippen LogP contribution in [0.3, 0.4) is 0 Å². The van der Waals surface area contributed by atoms with E-state index < -0.39 is 45.6 Å². The molecule has 1 unspecified atom stereocenters. The smallest absolute Gasteiger partial charge is 0.407 e. The number of carbonyl (C=O) groups is 2. The molecule has 0 aromatic carbocycles. The summed E-state index contributed by atoms with van der Waals surface area (Å²) in [5.74, 6) is -2.45. The zero-order valence-corrected chi connectivity index (χ0v) is 22.2. The minimum Gasteiger partial charge on any atom is -0.494 e. The predicted octanol–water partition coefficient (Wildman–Crippen LogP) is 5.27. The first kappa shape index (κ1) is 28.4. The van der Waals surface area contributed by atoms with E-state index in [4.69, 9.17) is 10.5 Å². The van der Waals surface area contributed by atoms with Crippen LogP contribution < -0.4 is 5.73 Å². The predicted molar refractivity (Wildman–Crippen MR) is 133 cm³/mol. The Hall–Kier alpha value is -2.84. The molecular formula is C26H40FN3O5. The van der Waals surface area contributed by atoms with Crippen molar-refractivity contribution in [1.82, 2.24) is 9.88 Å². The number of piperidine rings is 1. The highest BCUT2D eigenvalue weighted by atomic mass is 19.1. The SMILES string of the molecule is C=C(OCC)c1cc(N)nc(C[C@]2(C(=O)O)CCN(C(=O)O)[C@@](C)(C(C)(C)C)C2C(C)(C)C)c1F. The van der Waals surface area contributed by atoms with Gasteiger partial charge in [-0.15, -0.1) is 0 Å². The van der Waals surface area contributed by atoms with E-state index >= 15 is 4.39 Å². The van der Waals surface area contributed by atoms with Crippen LogP contribution in [-0.4, -0.2) is 50.9 Å². The van der Waals surface area contributed by atoms with E-state index in [0.717, 1.165) is 0 Å². The van der Waals surface area contributed by atoms with E-state index in [0.29, 0.717) is 0 Å². The van der Waals surface area contributed by atoms with Gasteiger partial charge in [0.25, 0.3) is 0 Å². The zero-order valence-electron chi connectivity index (χ0n) is 22.2. The van der Waals surface area contributed by atoms with Gasteiger partial charge < -0.3 is 25.6 Å². The molecule has 1 amide bonds. The molecule has 3 atom stereocenters. The molecule has 2 rings (SSSR count). The third-order valence-corrected chi connectivity index (χ3v) is 7.65. The van der Waals surface area contributed by atoms with Gasteiger partial charge in [-0.05, 0) is 37.2 Å². The number of carboxylic acids is 1. The average Bonchev–Trinajstić information content (AvgIpc) is 2.68. The van der Waals surface area contributed by atoms with Crippen molar-refractivity contribution in [3.63, 3.8) is 0 Å². The zero-order chi connectivity index (χ0) is 27.1. The molecule has 0 saturated carbocycles. The number of anilines is 1. The number of likely N-dealkylation sites (tertiary alicyclic amines) is 1. The van der Waals surface area contributed by atoms with Gasteiger partial charge in [0.2, 0.25) is 0 Å². The lowest BCUT2D eigenvalue weighted by atomic mass is 9.47. The van der Waals surface area contributed by atoms with Crippen molar-refractivity contribution in [3.05, 3.63) is 29.7 Å². The highest BCUT2D eigenvalue weighted by Gasteiger charge is 2.66. The van der Waals surface area contributed by atoms with E-state index in [1.54, 1.807) is 13.8 Å². The molecule has 9 heteroatoms. The largest absolute Gasteiger partial charge is 0.494 e. The number of hydrogen-bond acceptors (Lipinski definition) is 5. The highest BCUT2D eigenvalue weighted by molar-refractivity contribution is 5.78. The van der Waals surface area contributed by atoms with Crippen LogP contribution in [0.5, 0.6) is 0 Å². The van der Waals surface area contributed by atoms with Crippen LogP contribution in [0.15, 0.2) is 12.6 Å². The van der Waals surface area contributed by atoms with Crippen molar-refractivity contribution in [2.24, 2.45) is 22.2 Å². The van der Waals surface area contributed by atoms with Gasteiger partial charge in [-0.25, -0.2) is 14.2 Å². The first-order valence-electron chi connectivity index (χ1n) is 11.9. The van der Waals surface area contributed by atoms with Crippen LogP contribution in [0.1, 0.15) is 73.1 Å². The van der Waals surface area contributed by atoms with Gasteiger partial charge in [0, 0.05) is 18.9 Å². The molecule has 0 bridgehead atoms. The van der Waals surface area contributed by atoms with Crippen LogP contribution in [0.25, 0.3) is 5.76 Å². The van der Waals surface area contributed by atoms with Gasteiger partial charge in [-0.1, -0.05) is 48.1 Å². The maximum atomic E-state index is 15.7. The first-order chi connectivity index (χ1) is 15.8. The Bertz CT molecular complexity index is 1010. The molecule has 1 aromatic heterocycles. The van der Waals surface area contributed by atoms with Gasteiger partial charge in [0.05, 0.1) is 28.8 Å². The molecule has 1 aromatic rings. The van der Waals surface area contributed by atoms with Crippen LogP contribution in [-0.2, 0) is 16.0 Å². The van der Waals surface area contributed by atoms with Crippen molar-refractivity contribution >= 4 is 23.6 Å². The summed E-state index contributed by atoms with van der Waals surface area (Å²) in [5, 5.41) is 20.9. The van der Waals surface area contributed by atoms with E-state index in [-0.39, 0.29) is 48.8 Å². The topological polar surface area (TPSA) is 126 Å². The summed E-state index contributed by atoms with van der Waals surface area (Å²) in [7, 11) is 0. The molecule has 35 heavy (non-hydrogen) atoms. The normalized spacial score (nSPS) is 25.3. The molecule has 1 saturated heterocycles. The molecule has 2 heterocycles. The monoisotopic (exact) mass is 493 g/mol. The van der Waals surface area contributed by atoms with Crippen molar-refractivity contribution in [2.45, 2.75) is 73.8 Å². The summed E-state index contributed by atoms with van der Waals surface area (Å²) in [4.78, 5) is 31.1. The van der Waals surface area contributed by atoms with Gasteiger partial charge in [-0.2, -0.15) is 0 Å². The second kappa shape index (κ2) is 9.32. The van der Waals surface area contributed by atoms with Gasteiger partial charge in [0.1, 0.15) is 11.6 Å². The van der Waals surface area contributed by atoms with Gasteiger partial charge >= 0.3 is 12.1 Å². The molecular weight excluding hydrogens is 453 g/mol. The Kier molecular flexibility index (Phi) is 7.56. The molecule has 4 N–H and O–H groups in total. The van der Waals surface area contributed by atoms with E-state index in [9.17, 15) is 19.8 Å². The Balaban J connectivity index is 2.85. The molecule has 0 aliphatic carbocycles. The number of pyridine rings is 1. The van der Waals surface area contributed by atoms with Crippen molar-refractivity contribution in [1.29, 1.82) is 0 Å². The maximum Gasteiger partial charge on any atom is 0.407 e. The Morgan fingerprint density at radius 1 is 1.29 bits per heavy atom. The third kappa shape index (κ3) is 4.82. The second-order valence-electron chi connectivity index (χ2n) is 11.7. The summed E-state index contributed by atoms with van der Waals surface area (Å²) in [6, 6.07) is 1.32. The lowest BCUT2D eigenvalue weighted by Crippen LogP contribution is -2.72. The Morgan fingerprint density at radius 3 is 2.29 bits per heavy atom. The lowest BCUT2D eigenvalue weighted by Gasteiger charge is -2.64. The second-order valence-corrected chi connectivity index (χ2v) is 11.7. The van der Waals surface area contributed by atoms with Gasteiger partial charge in [0.15, 0.2) is 5.82 Å². The number of hydrogen-bond donors (Lipinski definition) is 3. The minimum atomic E-state index is -1.52. The van der Waals surface area contributed by atoms with Crippen molar-refractivity contribution in [3.8, 4) is 0 Å². The first-order valence-corrected chi connectivity index (χ1v) is 11.9. The van der Waals surface area contributed by atoms with Crippen LogP contribution in [0.2, 0.25) is 0 Å². The maximum absolute atomic E-state index is 15.7. The molecule has 1 fully saturated rings. The minimum absolute atomic E-state index is 0.000100. The average molecular weight is 494 g/mol. The number of rotatable bonds is 6. The van der Waals surface area contributed by atoms with Crippen molar-refractivity contribution < 1.29 is 28.9 Å². The summed E-state index contributed by atoms with van der Waals surface area (Å²) < 4.78 is 21.1. The third-order valence-electron chi connectivity index (χ3n) is 7.65. The summed E-state index contributed by atoms with van der Waals surface area (Å²) >= 11 is 0. The highest BCUT2D eigenvalue weighted by Crippen LogP contribution is 2.60. The fourth-order valence-electron chi connectivity index (χ4n) is 6.16. The molecule has 196 valence electrons. The standard InChI is InChI=1S/C26H40FN3O5/c1-10-35-15(2)16-13-18(28)29-17(19(16)27)14-26(21(31)32)11-12-30(22(33)34)25(9,24(6,7)8)20(26)23(3,4)5/h13,20H,2,10-12,14H2,1,3-9H3,(H2,28,29)(H,31,32)(H,33,34)/t20?,25-,26-/m1/s1.